The number of thiocarbonyl (C=S) groups is 1. The Morgan fingerprint density at radius 1 is 1.05 bits per heavy atom. The van der Waals surface area contributed by atoms with E-state index >= 15 is 0 Å². The third-order valence-electron chi connectivity index (χ3n) is 2.59. The molecule has 0 aliphatic rings. The van der Waals surface area contributed by atoms with Crippen LogP contribution in [0.3, 0.4) is 0 Å². The molecule has 0 aliphatic heterocycles. The summed E-state index contributed by atoms with van der Waals surface area (Å²) in [5, 5.41) is 0. The first-order valence-electron chi connectivity index (χ1n) is 5.51. The summed E-state index contributed by atoms with van der Waals surface area (Å²) in [6.45, 7) is 1.84. The van der Waals surface area contributed by atoms with Crippen LogP contribution in [-0.2, 0) is 0 Å². The molecule has 2 aromatic carbocycles. The maximum atomic E-state index is 13.0. The van der Waals surface area contributed by atoms with Gasteiger partial charge >= 0.3 is 0 Å². The normalized spacial score (nSPS) is 10.3. The fourth-order valence-corrected chi connectivity index (χ4v) is 1.88. The molecule has 0 radical (unpaired) electrons. The monoisotopic (exact) mass is 279 g/mol. The largest absolute Gasteiger partial charge is 0.457 e. The maximum Gasteiger partial charge on any atom is 0.162 e. The molecule has 98 valence electrons. The number of halogens is 2. The van der Waals surface area contributed by atoms with Crippen LogP contribution in [0, 0.1) is 18.6 Å². The second kappa shape index (κ2) is 5.32. The fraction of sp³-hybridized carbons (Fsp3) is 0.0714. The Labute approximate surface area is 114 Å². The molecule has 0 spiro atoms. The molecule has 0 saturated carbocycles. The van der Waals surface area contributed by atoms with Gasteiger partial charge in [0.25, 0.3) is 0 Å². The molecule has 5 heteroatoms. The van der Waals surface area contributed by atoms with Crippen molar-refractivity contribution in [3.05, 3.63) is 59.2 Å². The van der Waals surface area contributed by atoms with E-state index in [1.165, 1.54) is 6.07 Å². The van der Waals surface area contributed by atoms with Crippen LogP contribution in [0.25, 0.3) is 0 Å². The average molecular weight is 279 g/mol. The van der Waals surface area contributed by atoms with Gasteiger partial charge in [-0.3, -0.25) is 0 Å². The highest BCUT2D eigenvalue weighted by atomic mass is 32.1. The molecule has 0 unspecified atom stereocenters. The van der Waals surface area contributed by atoms with Crippen molar-refractivity contribution in [2.75, 3.05) is 0 Å². The second-order valence-corrected chi connectivity index (χ2v) is 4.46. The summed E-state index contributed by atoms with van der Waals surface area (Å²) in [6.07, 6.45) is 0. The number of nitrogens with two attached hydrogens (primary N) is 1. The van der Waals surface area contributed by atoms with E-state index < -0.39 is 11.6 Å². The zero-order chi connectivity index (χ0) is 14.0. The number of hydrogen-bond donors (Lipinski definition) is 1. The van der Waals surface area contributed by atoms with E-state index in [1.54, 1.807) is 18.2 Å². The molecule has 2 N–H and O–H groups in total. The number of ether oxygens (including phenoxy) is 1. The van der Waals surface area contributed by atoms with Crippen molar-refractivity contribution in [2.45, 2.75) is 6.92 Å². The zero-order valence-corrected chi connectivity index (χ0v) is 10.9. The maximum absolute atomic E-state index is 13.0. The van der Waals surface area contributed by atoms with Gasteiger partial charge in [0, 0.05) is 11.6 Å². The van der Waals surface area contributed by atoms with Crippen LogP contribution in [0.1, 0.15) is 11.1 Å². The van der Waals surface area contributed by atoms with Gasteiger partial charge in [0.2, 0.25) is 0 Å². The van der Waals surface area contributed by atoms with Gasteiger partial charge in [0.15, 0.2) is 11.6 Å². The Bertz CT molecular complexity index is 643. The van der Waals surface area contributed by atoms with Gasteiger partial charge in [-0.15, -0.1) is 0 Å². The minimum atomic E-state index is -0.950. The number of aryl methyl sites for hydroxylation is 1. The lowest BCUT2D eigenvalue weighted by Gasteiger charge is -2.09. The van der Waals surface area contributed by atoms with Gasteiger partial charge in [0.1, 0.15) is 16.5 Å². The Balaban J connectivity index is 2.26. The summed E-state index contributed by atoms with van der Waals surface area (Å²) >= 11 is 4.90. The number of rotatable bonds is 3. The lowest BCUT2D eigenvalue weighted by atomic mass is 10.1. The van der Waals surface area contributed by atoms with Crippen molar-refractivity contribution >= 4 is 17.2 Å². The highest BCUT2D eigenvalue weighted by Crippen LogP contribution is 2.25. The number of benzene rings is 2. The molecule has 0 bridgehead atoms. The zero-order valence-electron chi connectivity index (χ0n) is 10.1. The lowest BCUT2D eigenvalue weighted by molar-refractivity contribution is 0.461. The third kappa shape index (κ3) is 3.06. The van der Waals surface area contributed by atoms with Crippen LogP contribution in [-0.4, -0.2) is 4.99 Å². The summed E-state index contributed by atoms with van der Waals surface area (Å²) in [5.74, 6) is -1.13. The van der Waals surface area contributed by atoms with Crippen LogP contribution < -0.4 is 10.5 Å². The lowest BCUT2D eigenvalue weighted by Crippen LogP contribution is -2.10. The van der Waals surface area contributed by atoms with Crippen LogP contribution in [0.15, 0.2) is 36.4 Å². The minimum Gasteiger partial charge on any atom is -0.457 e. The average Bonchev–Trinajstić information content (AvgIpc) is 2.33. The Hall–Kier alpha value is -2.01. The van der Waals surface area contributed by atoms with Gasteiger partial charge in [-0.05, 0) is 42.8 Å². The summed E-state index contributed by atoms with van der Waals surface area (Å²) in [7, 11) is 0. The molecule has 0 atom stereocenters. The van der Waals surface area contributed by atoms with Crippen LogP contribution in [0.2, 0.25) is 0 Å². The Kier molecular flexibility index (Phi) is 3.76. The van der Waals surface area contributed by atoms with Crippen molar-refractivity contribution in [3.8, 4) is 11.5 Å². The van der Waals surface area contributed by atoms with Crippen molar-refractivity contribution in [1.82, 2.24) is 0 Å². The summed E-state index contributed by atoms with van der Waals surface area (Å²) in [5.41, 5.74) is 7.16. The summed E-state index contributed by atoms with van der Waals surface area (Å²) < 4.78 is 31.3. The molecule has 0 aliphatic carbocycles. The fourth-order valence-electron chi connectivity index (χ4n) is 1.65. The van der Waals surface area contributed by atoms with Gasteiger partial charge in [-0.25, -0.2) is 8.78 Å². The first kappa shape index (κ1) is 13.4. The van der Waals surface area contributed by atoms with E-state index in [1.807, 2.05) is 6.92 Å². The van der Waals surface area contributed by atoms with Gasteiger partial charge in [-0.2, -0.15) is 0 Å². The van der Waals surface area contributed by atoms with E-state index in [9.17, 15) is 8.78 Å². The molecule has 2 nitrogen and oxygen atoms in total. The van der Waals surface area contributed by atoms with Crippen molar-refractivity contribution in [3.63, 3.8) is 0 Å². The van der Waals surface area contributed by atoms with Gasteiger partial charge < -0.3 is 10.5 Å². The molecule has 0 amide bonds. The standard InChI is InChI=1S/C14H11F2NOS/c1-8-6-9(2-4-11(8)14(17)19)18-10-3-5-12(15)13(16)7-10/h2-7H,1H3,(H2,17,19). The van der Waals surface area contributed by atoms with Crippen molar-refractivity contribution in [2.24, 2.45) is 5.73 Å². The van der Waals surface area contributed by atoms with E-state index in [0.29, 0.717) is 10.7 Å². The molecule has 2 rings (SSSR count). The van der Waals surface area contributed by atoms with Crippen LogP contribution >= 0.6 is 12.2 Å². The quantitative estimate of drug-likeness (QED) is 0.870. The van der Waals surface area contributed by atoms with Crippen LogP contribution in [0.5, 0.6) is 11.5 Å². The van der Waals surface area contributed by atoms with Gasteiger partial charge in [0.05, 0.1) is 0 Å². The minimum absolute atomic E-state index is 0.223. The summed E-state index contributed by atoms with van der Waals surface area (Å²) in [4.78, 5) is 0.303. The van der Waals surface area contributed by atoms with Crippen molar-refractivity contribution < 1.29 is 13.5 Å². The molecule has 19 heavy (non-hydrogen) atoms. The number of hydrogen-bond acceptors (Lipinski definition) is 2. The summed E-state index contributed by atoms with van der Waals surface area (Å²) in [6, 6.07) is 8.49. The van der Waals surface area contributed by atoms with Crippen LogP contribution in [0.4, 0.5) is 8.78 Å². The van der Waals surface area contributed by atoms with E-state index in [-0.39, 0.29) is 5.75 Å². The third-order valence-corrected chi connectivity index (χ3v) is 2.81. The van der Waals surface area contributed by atoms with Crippen molar-refractivity contribution in [1.29, 1.82) is 0 Å². The first-order valence-corrected chi connectivity index (χ1v) is 5.91. The van der Waals surface area contributed by atoms with E-state index in [2.05, 4.69) is 0 Å². The Morgan fingerprint density at radius 3 is 2.26 bits per heavy atom. The first-order chi connectivity index (χ1) is 8.97. The predicted molar refractivity (Wildman–Crippen MR) is 73.5 cm³/mol. The molecule has 0 fully saturated rings. The predicted octanol–water partition coefficient (Wildman–Crippen LogP) is 3.70. The molecular formula is C14H11F2NOS. The Morgan fingerprint density at radius 2 is 1.68 bits per heavy atom. The van der Waals surface area contributed by atoms with E-state index in [4.69, 9.17) is 22.7 Å². The van der Waals surface area contributed by atoms with E-state index in [0.717, 1.165) is 23.3 Å². The molecular weight excluding hydrogens is 268 g/mol. The topological polar surface area (TPSA) is 35.2 Å². The second-order valence-electron chi connectivity index (χ2n) is 4.02. The molecule has 0 saturated heterocycles. The SMILES string of the molecule is Cc1cc(Oc2ccc(F)c(F)c2)ccc1C(N)=S. The van der Waals surface area contributed by atoms with Gasteiger partial charge in [-0.1, -0.05) is 12.2 Å². The highest BCUT2D eigenvalue weighted by molar-refractivity contribution is 7.80. The molecule has 2 aromatic rings. The molecule has 0 heterocycles. The highest BCUT2D eigenvalue weighted by Gasteiger charge is 2.06. The molecule has 0 aromatic heterocycles. The smallest absolute Gasteiger partial charge is 0.162 e.